The standard InChI is InChI=1S/C20H34N6O6S2/c1-10(2)17(33-13-6-15(23-7-13)19(28)25-5-4-12(21)8-25)16(20(29)30)26-9-14(18(26)27)11(3)24-34(22,31)32/h10-15,23-24H,4-9,21H2,1-3H3,(H,29,30)(H2,22,31,32)/b17-16+/t11-,12+,13+,14+,15+/m1/s1. The van der Waals surface area contributed by atoms with E-state index >= 15 is 0 Å². The number of nitrogens with one attached hydrogen (secondary N) is 2. The van der Waals surface area contributed by atoms with Crippen molar-refractivity contribution >= 4 is 39.8 Å². The van der Waals surface area contributed by atoms with Crippen molar-refractivity contribution in [2.24, 2.45) is 22.7 Å². The molecule has 3 saturated heterocycles. The van der Waals surface area contributed by atoms with Crippen LogP contribution in [0.25, 0.3) is 0 Å². The highest BCUT2D eigenvalue weighted by Crippen LogP contribution is 2.39. The molecule has 12 nitrogen and oxygen atoms in total. The third kappa shape index (κ3) is 6.10. The lowest BCUT2D eigenvalue weighted by atomic mass is 9.91. The minimum Gasteiger partial charge on any atom is -0.477 e. The van der Waals surface area contributed by atoms with Gasteiger partial charge in [0.05, 0.1) is 12.0 Å². The van der Waals surface area contributed by atoms with Crippen molar-refractivity contribution in [1.82, 2.24) is 19.8 Å². The molecular formula is C20H34N6O6S2. The third-order valence-electron chi connectivity index (χ3n) is 6.37. The molecule has 7 N–H and O–H groups in total. The van der Waals surface area contributed by atoms with Crippen LogP contribution in [0.5, 0.6) is 0 Å². The smallest absolute Gasteiger partial charge is 0.353 e. The molecule has 2 amide bonds. The minimum absolute atomic E-state index is 0.00453. The van der Waals surface area contributed by atoms with Gasteiger partial charge in [-0.05, 0) is 25.7 Å². The monoisotopic (exact) mass is 518 g/mol. The summed E-state index contributed by atoms with van der Waals surface area (Å²) in [4.78, 5) is 41.3. The number of rotatable bonds is 9. The summed E-state index contributed by atoms with van der Waals surface area (Å²) in [6, 6.07) is -1.09. The van der Waals surface area contributed by atoms with Crippen molar-refractivity contribution in [2.75, 3.05) is 26.2 Å². The van der Waals surface area contributed by atoms with Gasteiger partial charge in [0, 0.05) is 48.4 Å². The maximum absolute atomic E-state index is 12.8. The summed E-state index contributed by atoms with van der Waals surface area (Å²) in [5, 5.41) is 18.1. The Balaban J connectivity index is 1.71. The van der Waals surface area contributed by atoms with Gasteiger partial charge in [-0.3, -0.25) is 9.59 Å². The van der Waals surface area contributed by atoms with E-state index in [4.69, 9.17) is 10.9 Å². The van der Waals surface area contributed by atoms with Crippen LogP contribution in [0.1, 0.15) is 33.6 Å². The van der Waals surface area contributed by atoms with Crippen LogP contribution in [0.15, 0.2) is 10.6 Å². The highest BCUT2D eigenvalue weighted by Gasteiger charge is 2.46. The average molecular weight is 519 g/mol. The van der Waals surface area contributed by atoms with E-state index in [2.05, 4.69) is 10.0 Å². The predicted octanol–water partition coefficient (Wildman–Crippen LogP) is -1.40. The second-order valence-electron chi connectivity index (χ2n) is 9.45. The number of nitrogens with zero attached hydrogens (tertiary/aromatic N) is 2. The van der Waals surface area contributed by atoms with Crippen LogP contribution in [-0.4, -0.2) is 90.7 Å². The van der Waals surface area contributed by atoms with Crippen LogP contribution in [0.4, 0.5) is 0 Å². The average Bonchev–Trinajstić information content (AvgIpc) is 3.35. The number of thioether (sulfide) groups is 1. The molecule has 14 heteroatoms. The number of carbonyl (C=O) groups excluding carboxylic acids is 2. The summed E-state index contributed by atoms with van der Waals surface area (Å²) in [7, 11) is -3.99. The zero-order chi connectivity index (χ0) is 25.4. The molecular weight excluding hydrogens is 484 g/mol. The molecule has 3 rings (SSSR count). The number of allylic oxidation sites excluding steroid dienone is 1. The van der Waals surface area contributed by atoms with Gasteiger partial charge in [0.25, 0.3) is 10.2 Å². The molecule has 3 fully saturated rings. The molecule has 0 radical (unpaired) electrons. The molecule has 5 atom stereocenters. The molecule has 0 spiro atoms. The van der Waals surface area contributed by atoms with Gasteiger partial charge >= 0.3 is 5.97 Å². The molecule has 192 valence electrons. The summed E-state index contributed by atoms with van der Waals surface area (Å²) in [6.45, 7) is 7.03. The highest BCUT2D eigenvalue weighted by atomic mass is 32.2. The second kappa shape index (κ2) is 10.5. The number of aliphatic carboxylic acids is 1. The number of carboxylic acid groups (broad SMARTS) is 1. The Labute approximate surface area is 204 Å². The minimum atomic E-state index is -3.99. The number of hydrogen-bond acceptors (Lipinski definition) is 8. The van der Waals surface area contributed by atoms with Crippen molar-refractivity contribution < 1.29 is 27.9 Å². The number of likely N-dealkylation sites (tertiary alicyclic amines) is 2. The molecule has 0 bridgehead atoms. The quantitative estimate of drug-likeness (QED) is 0.181. The molecule has 0 saturated carbocycles. The molecule has 3 aliphatic heterocycles. The van der Waals surface area contributed by atoms with E-state index < -0.39 is 34.0 Å². The summed E-state index contributed by atoms with van der Waals surface area (Å²) in [6.07, 6.45) is 1.33. The number of nitrogens with two attached hydrogens (primary N) is 2. The molecule has 0 aliphatic carbocycles. The Hall–Kier alpha value is -1.71. The molecule has 0 aromatic carbocycles. The number of hydrogen-bond donors (Lipinski definition) is 5. The molecule has 3 heterocycles. The van der Waals surface area contributed by atoms with Gasteiger partial charge in [-0.25, -0.2) is 9.93 Å². The van der Waals surface area contributed by atoms with E-state index in [1.54, 1.807) is 4.90 Å². The number of amides is 2. The Morgan fingerprint density at radius 1 is 1.26 bits per heavy atom. The summed E-state index contributed by atoms with van der Waals surface area (Å²) >= 11 is 1.38. The van der Waals surface area contributed by atoms with Crippen LogP contribution in [0, 0.1) is 11.8 Å². The maximum atomic E-state index is 12.8. The number of carboxylic acids is 1. The van der Waals surface area contributed by atoms with E-state index in [-0.39, 0.29) is 41.4 Å². The van der Waals surface area contributed by atoms with E-state index in [1.807, 2.05) is 13.8 Å². The Morgan fingerprint density at radius 2 is 1.94 bits per heavy atom. The Kier molecular flexibility index (Phi) is 8.30. The fraction of sp³-hybridized carbons (Fsp3) is 0.750. The summed E-state index contributed by atoms with van der Waals surface area (Å²) in [5.74, 6) is -2.55. The van der Waals surface area contributed by atoms with E-state index in [1.165, 1.54) is 23.6 Å². The van der Waals surface area contributed by atoms with Crippen LogP contribution >= 0.6 is 11.8 Å². The zero-order valence-corrected chi connectivity index (χ0v) is 21.2. The van der Waals surface area contributed by atoms with Crippen LogP contribution < -0.4 is 20.9 Å². The van der Waals surface area contributed by atoms with E-state index in [0.717, 1.165) is 6.42 Å². The van der Waals surface area contributed by atoms with Gasteiger partial charge in [-0.15, -0.1) is 11.8 Å². The molecule has 3 aliphatic rings. The topological polar surface area (TPSA) is 188 Å². The van der Waals surface area contributed by atoms with Crippen molar-refractivity contribution in [3.8, 4) is 0 Å². The van der Waals surface area contributed by atoms with Crippen LogP contribution in [0.3, 0.4) is 0 Å². The first-order chi connectivity index (χ1) is 15.8. The van der Waals surface area contributed by atoms with E-state index in [0.29, 0.717) is 31.0 Å². The van der Waals surface area contributed by atoms with Crippen LogP contribution in [0.2, 0.25) is 0 Å². The van der Waals surface area contributed by atoms with E-state index in [9.17, 15) is 27.9 Å². The molecule has 34 heavy (non-hydrogen) atoms. The van der Waals surface area contributed by atoms with Crippen molar-refractivity contribution in [1.29, 1.82) is 0 Å². The summed E-state index contributed by atoms with van der Waals surface area (Å²) in [5.41, 5.74) is 5.82. The SMILES string of the molecule is CC(C)/C(S[C@@H]1CN[C@H](C(=O)N2CC[C@H](N)C2)C1)=C(/C(=O)O)N1C[C@@H]([C@@H](C)NS(N)(=O)=O)C1=O. The number of carbonyl (C=O) groups is 3. The molecule has 0 aromatic rings. The van der Waals surface area contributed by atoms with Gasteiger partial charge in [0.1, 0.15) is 5.70 Å². The molecule has 0 unspecified atom stereocenters. The lowest BCUT2D eigenvalue weighted by molar-refractivity contribution is -0.151. The first-order valence-electron chi connectivity index (χ1n) is 11.3. The second-order valence-corrected chi connectivity index (χ2v) is 12.1. The maximum Gasteiger partial charge on any atom is 0.353 e. The first-order valence-corrected chi connectivity index (χ1v) is 13.7. The van der Waals surface area contributed by atoms with Gasteiger partial charge in [-0.1, -0.05) is 13.8 Å². The first kappa shape index (κ1) is 26.9. The fourth-order valence-corrected chi connectivity index (χ4v) is 6.65. The lowest BCUT2D eigenvalue weighted by Gasteiger charge is -2.42. The summed E-state index contributed by atoms with van der Waals surface area (Å²) < 4.78 is 24.7. The lowest BCUT2D eigenvalue weighted by Crippen LogP contribution is -2.60. The largest absolute Gasteiger partial charge is 0.477 e. The fourth-order valence-electron chi connectivity index (χ4n) is 4.55. The van der Waals surface area contributed by atoms with Gasteiger partial charge < -0.3 is 26.0 Å². The van der Waals surface area contributed by atoms with Crippen molar-refractivity contribution in [3.05, 3.63) is 10.6 Å². The number of β-lactam (4-membered cyclic amide) rings is 1. The molecule has 0 aromatic heterocycles. The predicted molar refractivity (Wildman–Crippen MR) is 127 cm³/mol. The van der Waals surface area contributed by atoms with Crippen molar-refractivity contribution in [2.45, 2.75) is 57.0 Å². The Bertz CT molecular complexity index is 971. The highest BCUT2D eigenvalue weighted by molar-refractivity contribution is 8.03. The van der Waals surface area contributed by atoms with Gasteiger partial charge in [0.2, 0.25) is 11.8 Å². The third-order valence-corrected chi connectivity index (χ3v) is 8.68. The van der Waals surface area contributed by atoms with Crippen LogP contribution in [-0.2, 0) is 24.6 Å². The normalized spacial score (nSPS) is 29.3. The van der Waals surface area contributed by atoms with Crippen molar-refractivity contribution in [3.63, 3.8) is 0 Å². The van der Waals surface area contributed by atoms with Gasteiger partial charge in [0.15, 0.2) is 0 Å². The Morgan fingerprint density at radius 3 is 2.44 bits per heavy atom. The zero-order valence-electron chi connectivity index (χ0n) is 19.6. The van der Waals surface area contributed by atoms with Gasteiger partial charge in [-0.2, -0.15) is 13.1 Å².